The van der Waals surface area contributed by atoms with Crippen LogP contribution in [0.1, 0.15) is 45.2 Å². The lowest BCUT2D eigenvalue weighted by molar-refractivity contribution is 0.249. The maximum absolute atomic E-state index is 3.89. The lowest BCUT2D eigenvalue weighted by atomic mass is 9.82. The number of hydrogen-bond donors (Lipinski definition) is 1. The van der Waals surface area contributed by atoms with Crippen LogP contribution in [0.4, 0.5) is 0 Å². The number of benzene rings is 1. The van der Waals surface area contributed by atoms with E-state index in [0.29, 0.717) is 12.1 Å². The van der Waals surface area contributed by atoms with Gasteiger partial charge in [0.1, 0.15) is 0 Å². The summed E-state index contributed by atoms with van der Waals surface area (Å²) in [7, 11) is 0. The Balaban J connectivity index is 2.11. The van der Waals surface area contributed by atoms with Crippen molar-refractivity contribution in [1.29, 1.82) is 0 Å². The Labute approximate surface area is 116 Å². The van der Waals surface area contributed by atoms with Crippen molar-refractivity contribution >= 4 is 11.8 Å². The van der Waals surface area contributed by atoms with Crippen molar-refractivity contribution in [2.24, 2.45) is 5.41 Å². The molecule has 0 bridgehead atoms. The molecule has 18 heavy (non-hydrogen) atoms. The van der Waals surface area contributed by atoms with Gasteiger partial charge in [0.2, 0.25) is 0 Å². The van der Waals surface area contributed by atoms with E-state index in [2.05, 4.69) is 68.2 Å². The SMILES string of the molecule is CC(C)(C)C(NC1CCCSC1)c1ccccc1. The number of nitrogens with one attached hydrogen (secondary N) is 1. The molecule has 100 valence electrons. The van der Waals surface area contributed by atoms with Gasteiger partial charge in [-0.1, -0.05) is 51.1 Å². The minimum Gasteiger partial charge on any atom is -0.306 e. The van der Waals surface area contributed by atoms with Gasteiger partial charge in [-0.05, 0) is 29.6 Å². The van der Waals surface area contributed by atoms with Crippen molar-refractivity contribution in [2.75, 3.05) is 11.5 Å². The van der Waals surface area contributed by atoms with Gasteiger partial charge in [0, 0.05) is 17.8 Å². The van der Waals surface area contributed by atoms with Gasteiger partial charge in [0.05, 0.1) is 0 Å². The summed E-state index contributed by atoms with van der Waals surface area (Å²) in [5.74, 6) is 2.60. The van der Waals surface area contributed by atoms with Crippen molar-refractivity contribution < 1.29 is 0 Å². The molecule has 0 saturated carbocycles. The summed E-state index contributed by atoms with van der Waals surface area (Å²) in [5.41, 5.74) is 1.67. The van der Waals surface area contributed by atoms with E-state index < -0.39 is 0 Å². The summed E-state index contributed by atoms with van der Waals surface area (Å²) < 4.78 is 0. The first kappa shape index (κ1) is 14.0. The quantitative estimate of drug-likeness (QED) is 0.874. The van der Waals surface area contributed by atoms with Crippen molar-refractivity contribution in [3.63, 3.8) is 0 Å². The van der Waals surface area contributed by atoms with Crippen molar-refractivity contribution in [1.82, 2.24) is 5.32 Å². The minimum atomic E-state index is 0.253. The Kier molecular flexibility index (Phi) is 4.74. The third-order valence-electron chi connectivity index (χ3n) is 3.56. The van der Waals surface area contributed by atoms with E-state index in [-0.39, 0.29) is 5.41 Å². The standard InChI is InChI=1S/C16H25NS/c1-16(2,3)15(13-8-5-4-6-9-13)17-14-10-7-11-18-12-14/h4-6,8-9,14-15,17H,7,10-12H2,1-3H3. The fourth-order valence-electron chi connectivity index (χ4n) is 2.60. The lowest BCUT2D eigenvalue weighted by Crippen LogP contribution is -2.41. The number of rotatable bonds is 3. The van der Waals surface area contributed by atoms with Crippen LogP contribution in [0.15, 0.2) is 30.3 Å². The average molecular weight is 263 g/mol. The molecule has 1 heterocycles. The van der Waals surface area contributed by atoms with E-state index in [1.54, 1.807) is 0 Å². The molecule has 1 fully saturated rings. The van der Waals surface area contributed by atoms with Crippen LogP contribution in [0.25, 0.3) is 0 Å². The molecule has 0 aromatic heterocycles. The van der Waals surface area contributed by atoms with E-state index in [1.165, 1.54) is 29.9 Å². The Morgan fingerprint density at radius 3 is 2.50 bits per heavy atom. The second kappa shape index (κ2) is 6.12. The van der Waals surface area contributed by atoms with E-state index >= 15 is 0 Å². The van der Waals surface area contributed by atoms with E-state index in [4.69, 9.17) is 0 Å². The molecule has 0 amide bonds. The maximum Gasteiger partial charge on any atom is 0.0371 e. The smallest absolute Gasteiger partial charge is 0.0371 e. The Bertz CT molecular complexity index is 349. The Morgan fingerprint density at radius 1 is 1.22 bits per heavy atom. The lowest BCUT2D eigenvalue weighted by Gasteiger charge is -2.36. The van der Waals surface area contributed by atoms with Crippen molar-refractivity contribution in [2.45, 2.75) is 45.7 Å². The van der Waals surface area contributed by atoms with Gasteiger partial charge in [0.15, 0.2) is 0 Å². The fourth-order valence-corrected chi connectivity index (χ4v) is 3.68. The largest absolute Gasteiger partial charge is 0.306 e. The first-order valence-electron chi connectivity index (χ1n) is 6.96. The van der Waals surface area contributed by atoms with Crippen molar-refractivity contribution in [3.05, 3.63) is 35.9 Å². The predicted molar refractivity (Wildman–Crippen MR) is 82.1 cm³/mol. The van der Waals surface area contributed by atoms with Gasteiger partial charge >= 0.3 is 0 Å². The Hall–Kier alpha value is -0.470. The predicted octanol–water partition coefficient (Wildman–Crippen LogP) is 4.26. The highest BCUT2D eigenvalue weighted by atomic mass is 32.2. The van der Waals surface area contributed by atoms with Gasteiger partial charge in [-0.25, -0.2) is 0 Å². The monoisotopic (exact) mass is 263 g/mol. The molecule has 1 aliphatic rings. The van der Waals surface area contributed by atoms with Gasteiger partial charge in [-0.15, -0.1) is 0 Å². The first-order chi connectivity index (χ1) is 8.57. The molecule has 1 aromatic carbocycles. The van der Waals surface area contributed by atoms with Crippen LogP contribution in [-0.2, 0) is 0 Å². The zero-order chi connectivity index (χ0) is 13.0. The molecule has 1 saturated heterocycles. The van der Waals surface area contributed by atoms with Gasteiger partial charge in [-0.2, -0.15) is 11.8 Å². The zero-order valence-electron chi connectivity index (χ0n) is 11.8. The van der Waals surface area contributed by atoms with Gasteiger partial charge in [-0.3, -0.25) is 0 Å². The molecule has 2 rings (SSSR count). The molecular weight excluding hydrogens is 238 g/mol. The molecule has 2 heteroatoms. The van der Waals surface area contributed by atoms with E-state index in [0.717, 1.165) is 0 Å². The van der Waals surface area contributed by atoms with Crippen LogP contribution in [0.5, 0.6) is 0 Å². The van der Waals surface area contributed by atoms with Crippen LogP contribution in [0.3, 0.4) is 0 Å². The number of thioether (sulfide) groups is 1. The maximum atomic E-state index is 3.89. The highest BCUT2D eigenvalue weighted by Crippen LogP contribution is 2.34. The molecule has 0 radical (unpaired) electrons. The summed E-state index contributed by atoms with van der Waals surface area (Å²) in [5, 5.41) is 3.89. The average Bonchev–Trinajstić information content (AvgIpc) is 2.37. The fraction of sp³-hybridized carbons (Fsp3) is 0.625. The summed E-state index contributed by atoms with van der Waals surface area (Å²) in [6, 6.07) is 12.0. The summed E-state index contributed by atoms with van der Waals surface area (Å²) in [4.78, 5) is 0. The van der Waals surface area contributed by atoms with Crippen LogP contribution in [-0.4, -0.2) is 17.5 Å². The highest BCUT2D eigenvalue weighted by Gasteiger charge is 2.28. The highest BCUT2D eigenvalue weighted by molar-refractivity contribution is 7.99. The van der Waals surface area contributed by atoms with Crippen LogP contribution in [0, 0.1) is 5.41 Å². The third-order valence-corrected chi connectivity index (χ3v) is 4.78. The molecule has 1 N–H and O–H groups in total. The topological polar surface area (TPSA) is 12.0 Å². The molecule has 1 aliphatic heterocycles. The summed E-state index contributed by atoms with van der Waals surface area (Å²) >= 11 is 2.09. The van der Waals surface area contributed by atoms with Crippen LogP contribution >= 0.6 is 11.8 Å². The Morgan fingerprint density at radius 2 is 1.94 bits per heavy atom. The van der Waals surface area contributed by atoms with E-state index in [1.807, 2.05) is 0 Å². The molecule has 2 atom stereocenters. The molecule has 2 unspecified atom stereocenters. The molecule has 1 nitrogen and oxygen atoms in total. The zero-order valence-corrected chi connectivity index (χ0v) is 12.6. The first-order valence-corrected chi connectivity index (χ1v) is 8.11. The summed E-state index contributed by atoms with van der Waals surface area (Å²) in [6.07, 6.45) is 2.68. The van der Waals surface area contributed by atoms with Crippen LogP contribution < -0.4 is 5.32 Å². The molecular formula is C16H25NS. The second-order valence-corrected chi connectivity index (χ2v) is 7.44. The van der Waals surface area contributed by atoms with Crippen molar-refractivity contribution in [3.8, 4) is 0 Å². The van der Waals surface area contributed by atoms with Gasteiger partial charge < -0.3 is 5.32 Å². The molecule has 0 aliphatic carbocycles. The molecule has 1 aromatic rings. The van der Waals surface area contributed by atoms with E-state index in [9.17, 15) is 0 Å². The number of hydrogen-bond acceptors (Lipinski definition) is 2. The minimum absolute atomic E-state index is 0.253. The molecule has 0 spiro atoms. The van der Waals surface area contributed by atoms with Crippen LogP contribution in [0.2, 0.25) is 0 Å². The summed E-state index contributed by atoms with van der Waals surface area (Å²) in [6.45, 7) is 6.98. The van der Waals surface area contributed by atoms with Gasteiger partial charge in [0.25, 0.3) is 0 Å². The second-order valence-electron chi connectivity index (χ2n) is 6.29. The normalized spacial score (nSPS) is 22.7. The third kappa shape index (κ3) is 3.76.